The van der Waals surface area contributed by atoms with E-state index in [2.05, 4.69) is 0 Å². The van der Waals surface area contributed by atoms with E-state index in [0.29, 0.717) is 5.56 Å². The average Bonchev–Trinajstić information content (AvgIpc) is 2.38. The first kappa shape index (κ1) is 16.1. The van der Waals surface area contributed by atoms with Crippen molar-refractivity contribution in [3.05, 3.63) is 29.8 Å². The summed E-state index contributed by atoms with van der Waals surface area (Å²) in [5.74, 6) is -1.05. The summed E-state index contributed by atoms with van der Waals surface area (Å²) < 4.78 is 26.0. The van der Waals surface area contributed by atoms with Crippen molar-refractivity contribution in [3.63, 3.8) is 0 Å². The van der Waals surface area contributed by atoms with E-state index in [1.807, 2.05) is 6.07 Å². The Kier molecular flexibility index (Phi) is 5.25. The van der Waals surface area contributed by atoms with Gasteiger partial charge in [-0.25, -0.2) is 8.42 Å². The summed E-state index contributed by atoms with van der Waals surface area (Å²) in [4.78, 5) is 10.7. The summed E-state index contributed by atoms with van der Waals surface area (Å²) in [6.45, 7) is 3.28. The van der Waals surface area contributed by atoms with E-state index in [1.54, 1.807) is 13.8 Å². The standard InChI is InChI=1S/C13H16N2O4S/c1-10(2)15(8-7-13(16)17)20(18,19)12-5-3-11(9-14)4-6-12/h3-6,10H,7-8H2,1-2H3,(H,16,17). The van der Waals surface area contributed by atoms with Gasteiger partial charge >= 0.3 is 5.97 Å². The van der Waals surface area contributed by atoms with Gasteiger partial charge in [-0.15, -0.1) is 0 Å². The molecule has 0 spiro atoms. The summed E-state index contributed by atoms with van der Waals surface area (Å²) in [5.41, 5.74) is 0.366. The predicted octanol–water partition coefficient (Wildman–Crippen LogP) is 1.43. The second-order valence-electron chi connectivity index (χ2n) is 4.49. The van der Waals surface area contributed by atoms with Gasteiger partial charge in [-0.3, -0.25) is 4.79 Å². The van der Waals surface area contributed by atoms with Gasteiger partial charge in [-0.05, 0) is 38.1 Å². The molecule has 0 aliphatic heterocycles. The Balaban J connectivity index is 3.09. The zero-order valence-electron chi connectivity index (χ0n) is 11.3. The van der Waals surface area contributed by atoms with Crippen molar-refractivity contribution in [3.8, 4) is 6.07 Å². The average molecular weight is 296 g/mol. The van der Waals surface area contributed by atoms with Crippen molar-refractivity contribution in [2.45, 2.75) is 31.2 Å². The topological polar surface area (TPSA) is 98.5 Å². The van der Waals surface area contributed by atoms with Gasteiger partial charge in [0.1, 0.15) is 0 Å². The zero-order chi connectivity index (χ0) is 15.3. The molecular weight excluding hydrogens is 280 g/mol. The van der Waals surface area contributed by atoms with Crippen LogP contribution in [-0.4, -0.2) is 36.4 Å². The van der Waals surface area contributed by atoms with Crippen molar-refractivity contribution in [1.29, 1.82) is 5.26 Å². The number of carboxylic acids is 1. The molecule has 0 saturated heterocycles. The Hall–Kier alpha value is -1.91. The molecule has 0 heterocycles. The van der Waals surface area contributed by atoms with Crippen LogP contribution in [-0.2, 0) is 14.8 Å². The number of rotatable bonds is 6. The quantitative estimate of drug-likeness (QED) is 0.856. The summed E-state index contributed by atoms with van der Waals surface area (Å²) >= 11 is 0. The minimum atomic E-state index is -3.76. The lowest BCUT2D eigenvalue weighted by atomic mass is 10.2. The summed E-state index contributed by atoms with van der Waals surface area (Å²) in [7, 11) is -3.76. The van der Waals surface area contributed by atoms with Crippen LogP contribution in [0.4, 0.5) is 0 Å². The first-order valence-corrected chi connectivity index (χ1v) is 7.47. The van der Waals surface area contributed by atoms with Gasteiger partial charge < -0.3 is 5.11 Å². The van der Waals surface area contributed by atoms with Crippen LogP contribution in [0.5, 0.6) is 0 Å². The molecule has 0 unspecified atom stereocenters. The van der Waals surface area contributed by atoms with E-state index in [0.717, 1.165) is 4.31 Å². The summed E-state index contributed by atoms with van der Waals surface area (Å²) in [6.07, 6.45) is -0.256. The molecule has 1 rings (SSSR count). The normalized spacial score (nSPS) is 11.6. The van der Waals surface area contributed by atoms with Crippen LogP contribution >= 0.6 is 0 Å². The summed E-state index contributed by atoms with van der Waals surface area (Å²) in [5, 5.41) is 17.4. The lowest BCUT2D eigenvalue weighted by molar-refractivity contribution is -0.137. The number of hydrogen-bond donors (Lipinski definition) is 1. The first-order valence-electron chi connectivity index (χ1n) is 6.03. The fourth-order valence-electron chi connectivity index (χ4n) is 1.70. The molecule has 0 aliphatic rings. The minimum absolute atomic E-state index is 0.0515. The van der Waals surface area contributed by atoms with Crippen LogP contribution in [0.1, 0.15) is 25.8 Å². The molecule has 0 aliphatic carbocycles. The monoisotopic (exact) mass is 296 g/mol. The Morgan fingerprint density at radius 1 is 1.35 bits per heavy atom. The van der Waals surface area contributed by atoms with Crippen LogP contribution in [0.3, 0.4) is 0 Å². The molecule has 0 amide bonds. The number of hydrogen-bond acceptors (Lipinski definition) is 4. The van der Waals surface area contributed by atoms with Gasteiger partial charge in [0.2, 0.25) is 10.0 Å². The number of nitriles is 1. The van der Waals surface area contributed by atoms with Crippen LogP contribution < -0.4 is 0 Å². The summed E-state index contributed by atoms with van der Waals surface area (Å²) in [6, 6.07) is 7.10. The van der Waals surface area contributed by atoms with Crippen LogP contribution in [0.2, 0.25) is 0 Å². The van der Waals surface area contributed by atoms with E-state index < -0.39 is 16.0 Å². The Bertz CT molecular complexity index is 615. The molecule has 1 aromatic rings. The molecule has 108 valence electrons. The number of sulfonamides is 1. The molecule has 0 bridgehead atoms. The minimum Gasteiger partial charge on any atom is -0.481 e. The van der Waals surface area contributed by atoms with E-state index in [4.69, 9.17) is 10.4 Å². The fraction of sp³-hybridized carbons (Fsp3) is 0.385. The molecule has 0 aromatic heterocycles. The van der Waals surface area contributed by atoms with Gasteiger partial charge in [-0.1, -0.05) is 0 Å². The van der Waals surface area contributed by atoms with Crippen LogP contribution in [0.15, 0.2) is 29.2 Å². The van der Waals surface area contributed by atoms with Crippen molar-refractivity contribution >= 4 is 16.0 Å². The van der Waals surface area contributed by atoms with Gasteiger partial charge in [0.05, 0.1) is 22.9 Å². The van der Waals surface area contributed by atoms with E-state index in [1.165, 1.54) is 24.3 Å². The molecular formula is C13H16N2O4S. The molecule has 0 atom stereocenters. The number of aliphatic carboxylic acids is 1. The van der Waals surface area contributed by atoms with Crippen molar-refractivity contribution in [1.82, 2.24) is 4.31 Å². The maximum atomic E-state index is 12.4. The Morgan fingerprint density at radius 2 is 1.90 bits per heavy atom. The maximum absolute atomic E-state index is 12.4. The number of nitrogens with zero attached hydrogens (tertiary/aromatic N) is 2. The van der Waals surface area contributed by atoms with E-state index in [-0.39, 0.29) is 23.9 Å². The number of carbonyl (C=O) groups is 1. The largest absolute Gasteiger partial charge is 0.481 e. The van der Waals surface area contributed by atoms with Crippen molar-refractivity contribution in [2.24, 2.45) is 0 Å². The predicted molar refractivity (Wildman–Crippen MR) is 72.4 cm³/mol. The number of carboxylic acid groups (broad SMARTS) is 1. The Morgan fingerprint density at radius 3 is 2.30 bits per heavy atom. The fourth-order valence-corrected chi connectivity index (χ4v) is 3.34. The third-order valence-corrected chi connectivity index (χ3v) is 4.80. The van der Waals surface area contributed by atoms with Gasteiger partial charge in [0.25, 0.3) is 0 Å². The SMILES string of the molecule is CC(C)N(CCC(=O)O)S(=O)(=O)c1ccc(C#N)cc1. The molecule has 7 heteroatoms. The first-order chi connectivity index (χ1) is 9.28. The van der Waals surface area contributed by atoms with Crippen molar-refractivity contribution in [2.75, 3.05) is 6.54 Å². The second-order valence-corrected chi connectivity index (χ2v) is 6.38. The molecule has 1 aromatic carbocycles. The molecule has 0 radical (unpaired) electrons. The van der Waals surface area contributed by atoms with Gasteiger partial charge in [0.15, 0.2) is 0 Å². The maximum Gasteiger partial charge on any atom is 0.304 e. The van der Waals surface area contributed by atoms with Crippen molar-refractivity contribution < 1.29 is 18.3 Å². The highest BCUT2D eigenvalue weighted by Crippen LogP contribution is 2.19. The third-order valence-electron chi connectivity index (χ3n) is 2.71. The number of benzene rings is 1. The van der Waals surface area contributed by atoms with E-state index >= 15 is 0 Å². The third kappa shape index (κ3) is 3.79. The van der Waals surface area contributed by atoms with Gasteiger partial charge in [0, 0.05) is 12.6 Å². The highest BCUT2D eigenvalue weighted by molar-refractivity contribution is 7.89. The Labute approximate surface area is 118 Å². The molecule has 0 fully saturated rings. The molecule has 1 N–H and O–H groups in total. The molecule has 6 nitrogen and oxygen atoms in total. The highest BCUT2D eigenvalue weighted by atomic mass is 32.2. The van der Waals surface area contributed by atoms with Gasteiger partial charge in [-0.2, -0.15) is 9.57 Å². The lowest BCUT2D eigenvalue weighted by Crippen LogP contribution is -2.38. The van der Waals surface area contributed by atoms with Crippen LogP contribution in [0, 0.1) is 11.3 Å². The molecule has 0 saturated carbocycles. The highest BCUT2D eigenvalue weighted by Gasteiger charge is 2.27. The zero-order valence-corrected chi connectivity index (χ0v) is 12.1. The molecule has 20 heavy (non-hydrogen) atoms. The van der Waals surface area contributed by atoms with E-state index in [9.17, 15) is 13.2 Å². The lowest BCUT2D eigenvalue weighted by Gasteiger charge is -2.25. The second kappa shape index (κ2) is 6.50. The smallest absolute Gasteiger partial charge is 0.304 e. The van der Waals surface area contributed by atoms with Crippen LogP contribution in [0.25, 0.3) is 0 Å².